The van der Waals surface area contributed by atoms with E-state index in [4.69, 9.17) is 4.74 Å². The Bertz CT molecular complexity index is 1690. The van der Waals surface area contributed by atoms with Crippen molar-refractivity contribution in [3.05, 3.63) is 99.6 Å². The molecule has 1 saturated heterocycles. The quantitative estimate of drug-likeness (QED) is 0.168. The maximum Gasteiger partial charge on any atom is 0.269 e. The largest absolute Gasteiger partial charge is 0.390 e. The highest BCUT2D eigenvalue weighted by Crippen LogP contribution is 2.25. The number of aliphatic hydroxyl groups excluding tert-OH is 1. The normalized spacial score (nSPS) is 14.7. The number of carbonyl (C=O) groups is 2. The van der Waals surface area contributed by atoms with E-state index in [0.29, 0.717) is 26.3 Å². The van der Waals surface area contributed by atoms with Gasteiger partial charge >= 0.3 is 0 Å². The highest BCUT2D eigenvalue weighted by atomic mass is 32.2. The molecule has 3 aromatic rings. The maximum absolute atomic E-state index is 13.9. The van der Waals surface area contributed by atoms with Gasteiger partial charge < -0.3 is 25.0 Å². The number of nitrogens with one attached hydrogen (secondary N) is 1. The highest BCUT2D eigenvalue weighted by molar-refractivity contribution is 7.89. The fourth-order valence-corrected chi connectivity index (χ4v) is 7.70. The summed E-state index contributed by atoms with van der Waals surface area (Å²) in [5, 5.41) is 25.8. The first kappa shape index (κ1) is 38.4. The third kappa shape index (κ3) is 10.3. The average molecular weight is 710 g/mol. The van der Waals surface area contributed by atoms with Gasteiger partial charge in [0.15, 0.2) is 0 Å². The van der Waals surface area contributed by atoms with Gasteiger partial charge in [0.1, 0.15) is 0 Å². The zero-order chi connectivity index (χ0) is 36.4. The Morgan fingerprint density at radius 3 is 2.14 bits per heavy atom. The van der Waals surface area contributed by atoms with Crippen molar-refractivity contribution in [2.45, 2.75) is 51.2 Å². The van der Waals surface area contributed by atoms with Crippen molar-refractivity contribution in [1.29, 1.82) is 0 Å². The van der Waals surface area contributed by atoms with Gasteiger partial charge in [0.2, 0.25) is 21.8 Å². The molecule has 2 amide bonds. The molecule has 0 saturated carbocycles. The Morgan fingerprint density at radius 1 is 0.940 bits per heavy atom. The van der Waals surface area contributed by atoms with Crippen LogP contribution in [0.1, 0.15) is 30.5 Å². The summed E-state index contributed by atoms with van der Waals surface area (Å²) in [5.74, 6) is -0.700. The van der Waals surface area contributed by atoms with Gasteiger partial charge in [-0.2, -0.15) is 4.31 Å². The van der Waals surface area contributed by atoms with E-state index < -0.39 is 33.0 Å². The third-order valence-corrected chi connectivity index (χ3v) is 10.4. The number of non-ortho nitro benzene ring substituents is 1. The number of para-hydroxylation sites is 1. The van der Waals surface area contributed by atoms with Crippen LogP contribution in [0.4, 0.5) is 11.4 Å². The number of amides is 2. The number of carbonyl (C=O) groups excluding carboxylic acids is 2. The number of ether oxygens (including phenoxy) is 1. The second-order valence-electron chi connectivity index (χ2n) is 13.0. The van der Waals surface area contributed by atoms with Crippen LogP contribution < -0.4 is 10.2 Å². The molecule has 0 aliphatic carbocycles. The van der Waals surface area contributed by atoms with Crippen molar-refractivity contribution >= 4 is 33.2 Å². The molecule has 4 rings (SSSR count). The number of sulfonamides is 1. The number of aryl methyl sites for hydroxylation is 2. The first-order valence-electron chi connectivity index (χ1n) is 16.7. The van der Waals surface area contributed by atoms with Crippen LogP contribution in [-0.4, -0.2) is 104 Å². The van der Waals surface area contributed by atoms with Gasteiger partial charge in [-0.05, 0) is 55.0 Å². The average Bonchev–Trinajstić information content (AvgIpc) is 3.08. The summed E-state index contributed by atoms with van der Waals surface area (Å²) in [6, 6.07) is 18.7. The molecule has 2 N–H and O–H groups in total. The number of nitro groups is 1. The van der Waals surface area contributed by atoms with Crippen LogP contribution in [0.15, 0.2) is 77.7 Å². The number of anilines is 1. The van der Waals surface area contributed by atoms with E-state index in [0.717, 1.165) is 38.8 Å². The molecule has 14 heteroatoms. The van der Waals surface area contributed by atoms with Gasteiger partial charge in [-0.3, -0.25) is 19.7 Å². The lowest BCUT2D eigenvalue weighted by molar-refractivity contribution is -0.384. The van der Waals surface area contributed by atoms with E-state index in [-0.39, 0.29) is 55.0 Å². The van der Waals surface area contributed by atoms with Gasteiger partial charge in [0.05, 0.1) is 48.3 Å². The number of rotatable bonds is 16. The van der Waals surface area contributed by atoms with Crippen LogP contribution in [0.5, 0.6) is 0 Å². The van der Waals surface area contributed by atoms with Gasteiger partial charge in [-0.25, -0.2) is 8.42 Å². The van der Waals surface area contributed by atoms with E-state index >= 15 is 0 Å². The summed E-state index contributed by atoms with van der Waals surface area (Å²) in [6.45, 7) is 8.84. The van der Waals surface area contributed by atoms with Gasteiger partial charge in [-0.15, -0.1) is 0 Å². The fourth-order valence-electron chi connectivity index (χ4n) is 6.07. The standard InChI is InChI=1S/C36H47N5O8S/c1-26(2)22-40(50(47,48)31-15-13-30(14-16-31)41(45)46)23-33(42)32(21-29-11-6-5-7-12-29)37-34(43)24-39(36-27(3)9-8-10-28(36)4)25-35(44)38-17-19-49-20-18-38/h5-16,26,32-33,42H,17-25H2,1-4H3,(H,37,43)/t32-,33-/m0/s1. The zero-order valence-electron chi connectivity index (χ0n) is 29.0. The second-order valence-corrected chi connectivity index (χ2v) is 14.9. The summed E-state index contributed by atoms with van der Waals surface area (Å²) in [6.07, 6.45) is -1.13. The van der Waals surface area contributed by atoms with Crippen LogP contribution in [-0.2, 0) is 30.8 Å². The Labute approximate surface area is 294 Å². The predicted octanol–water partition coefficient (Wildman–Crippen LogP) is 3.31. The van der Waals surface area contributed by atoms with E-state index in [2.05, 4.69) is 5.32 Å². The van der Waals surface area contributed by atoms with Crippen LogP contribution in [0.2, 0.25) is 0 Å². The monoisotopic (exact) mass is 709 g/mol. The van der Waals surface area contributed by atoms with Crippen molar-refractivity contribution in [2.24, 2.45) is 5.92 Å². The van der Waals surface area contributed by atoms with E-state index in [1.165, 1.54) is 12.1 Å². The SMILES string of the molecule is Cc1cccc(C)c1N(CC(=O)N[C@@H](Cc1ccccc1)[C@@H](O)CN(CC(C)C)S(=O)(=O)c1ccc([N+](=O)[O-])cc1)CC(=O)N1CCOCC1. The molecule has 270 valence electrons. The number of nitrogens with zero attached hydrogens (tertiary/aromatic N) is 4. The third-order valence-electron chi connectivity index (χ3n) is 8.53. The molecule has 1 aliphatic heterocycles. The summed E-state index contributed by atoms with van der Waals surface area (Å²) in [7, 11) is -4.18. The molecule has 0 unspecified atom stereocenters. The Morgan fingerprint density at radius 2 is 1.56 bits per heavy atom. The predicted molar refractivity (Wildman–Crippen MR) is 190 cm³/mol. The van der Waals surface area contributed by atoms with Crippen LogP contribution in [0, 0.1) is 29.9 Å². The topological polar surface area (TPSA) is 163 Å². The summed E-state index contributed by atoms with van der Waals surface area (Å²) < 4.78 is 34.1. The number of morpholine rings is 1. The molecule has 0 spiro atoms. The number of hydrogen-bond acceptors (Lipinski definition) is 9. The fraction of sp³-hybridized carbons (Fsp3) is 0.444. The minimum Gasteiger partial charge on any atom is -0.390 e. The highest BCUT2D eigenvalue weighted by Gasteiger charge is 2.32. The lowest BCUT2D eigenvalue weighted by atomic mass is 10.0. The van der Waals surface area contributed by atoms with Gasteiger partial charge in [0.25, 0.3) is 5.69 Å². The Balaban J connectivity index is 1.60. The molecule has 0 bridgehead atoms. The number of benzene rings is 3. The van der Waals surface area contributed by atoms with Crippen molar-refractivity contribution in [3.63, 3.8) is 0 Å². The summed E-state index contributed by atoms with van der Waals surface area (Å²) in [5.41, 5.74) is 3.14. The molecule has 1 aliphatic rings. The minimum atomic E-state index is -4.18. The Hall–Kier alpha value is -4.37. The molecule has 0 aromatic heterocycles. The smallest absolute Gasteiger partial charge is 0.269 e. The molecular weight excluding hydrogens is 662 g/mol. The van der Waals surface area contributed by atoms with Gasteiger partial charge in [0, 0.05) is 44.0 Å². The molecule has 3 aromatic carbocycles. The zero-order valence-corrected chi connectivity index (χ0v) is 29.8. The van der Waals surface area contributed by atoms with Crippen molar-refractivity contribution in [2.75, 3.05) is 57.4 Å². The van der Waals surface area contributed by atoms with E-state index in [1.54, 1.807) is 9.80 Å². The lowest BCUT2D eigenvalue weighted by Gasteiger charge is -2.33. The van der Waals surface area contributed by atoms with Crippen molar-refractivity contribution < 1.29 is 32.8 Å². The van der Waals surface area contributed by atoms with E-state index in [9.17, 15) is 33.2 Å². The summed E-state index contributed by atoms with van der Waals surface area (Å²) >= 11 is 0. The molecule has 13 nitrogen and oxygen atoms in total. The van der Waals surface area contributed by atoms with Crippen LogP contribution in [0.3, 0.4) is 0 Å². The lowest BCUT2D eigenvalue weighted by Crippen LogP contribution is -2.53. The first-order chi connectivity index (χ1) is 23.8. The molecule has 1 heterocycles. The van der Waals surface area contributed by atoms with E-state index in [1.807, 2.05) is 76.2 Å². The minimum absolute atomic E-state index is 0.0410. The molecule has 50 heavy (non-hydrogen) atoms. The first-order valence-corrected chi connectivity index (χ1v) is 18.1. The van der Waals surface area contributed by atoms with Gasteiger partial charge in [-0.1, -0.05) is 62.4 Å². The number of hydrogen-bond donors (Lipinski definition) is 2. The van der Waals surface area contributed by atoms with Crippen LogP contribution >= 0.6 is 0 Å². The molecular formula is C36H47N5O8S. The van der Waals surface area contributed by atoms with Crippen molar-refractivity contribution in [3.8, 4) is 0 Å². The Kier molecular flexibility index (Phi) is 13.5. The maximum atomic E-state index is 13.9. The number of aliphatic hydroxyl groups is 1. The molecule has 0 radical (unpaired) electrons. The second kappa shape index (κ2) is 17.5. The molecule has 2 atom stereocenters. The number of nitro benzene ring substituents is 1. The molecule has 1 fully saturated rings. The van der Waals surface area contributed by atoms with Crippen LogP contribution in [0.25, 0.3) is 0 Å². The van der Waals surface area contributed by atoms with Crippen molar-refractivity contribution in [1.82, 2.24) is 14.5 Å². The summed E-state index contributed by atoms with van der Waals surface area (Å²) in [4.78, 5) is 41.1.